The molecule has 2 heteroatoms. The van der Waals surface area contributed by atoms with E-state index in [0.717, 1.165) is 11.1 Å². The molecule has 0 aliphatic heterocycles. The van der Waals surface area contributed by atoms with Gasteiger partial charge in [-0.2, -0.15) is 0 Å². The molecule has 2 rings (SSSR count). The van der Waals surface area contributed by atoms with E-state index in [9.17, 15) is 5.11 Å². The van der Waals surface area contributed by atoms with E-state index < -0.39 is 0 Å². The number of phenolic OH excluding ortho intramolecular Hbond substituents is 1. The fourth-order valence-electron chi connectivity index (χ4n) is 1.54. The molecule has 17 heavy (non-hydrogen) atoms. The van der Waals surface area contributed by atoms with Crippen LogP contribution in [0.25, 0.3) is 12.2 Å². The predicted molar refractivity (Wildman–Crippen MR) is 70.0 cm³/mol. The van der Waals surface area contributed by atoms with Crippen LogP contribution in [-0.2, 0) is 0 Å². The largest absolute Gasteiger partial charge is 0.507 e. The maximum absolute atomic E-state index is 9.77. The van der Waals surface area contributed by atoms with Crippen molar-refractivity contribution in [2.45, 2.75) is 0 Å². The Labute approximate surface area is 101 Å². The van der Waals surface area contributed by atoms with Crippen LogP contribution >= 0.6 is 0 Å². The van der Waals surface area contributed by atoms with Crippen molar-refractivity contribution < 1.29 is 9.84 Å². The lowest BCUT2D eigenvalue weighted by atomic mass is 10.1. The van der Waals surface area contributed by atoms with Crippen LogP contribution in [0.2, 0.25) is 0 Å². The Bertz CT molecular complexity index is 516. The first-order valence-electron chi connectivity index (χ1n) is 5.40. The molecule has 2 aromatic carbocycles. The van der Waals surface area contributed by atoms with Crippen molar-refractivity contribution in [3.05, 3.63) is 59.7 Å². The molecule has 2 nitrogen and oxygen atoms in total. The minimum atomic E-state index is 0.219. The Morgan fingerprint density at radius 1 is 1.00 bits per heavy atom. The van der Waals surface area contributed by atoms with Gasteiger partial charge in [-0.3, -0.25) is 0 Å². The third-order valence-electron chi connectivity index (χ3n) is 2.49. The highest BCUT2D eigenvalue weighted by atomic mass is 16.5. The van der Waals surface area contributed by atoms with Crippen molar-refractivity contribution in [1.82, 2.24) is 0 Å². The molecule has 0 aliphatic rings. The fraction of sp³-hybridized carbons (Fsp3) is 0.0667. The first kappa shape index (κ1) is 11.3. The average Bonchev–Trinajstić information content (AvgIpc) is 2.38. The van der Waals surface area contributed by atoms with Crippen molar-refractivity contribution in [3.8, 4) is 11.5 Å². The van der Waals surface area contributed by atoms with E-state index in [4.69, 9.17) is 4.74 Å². The minimum absolute atomic E-state index is 0.219. The van der Waals surface area contributed by atoms with Crippen molar-refractivity contribution >= 4 is 12.2 Å². The number of benzene rings is 2. The molecule has 0 aromatic heterocycles. The van der Waals surface area contributed by atoms with Crippen molar-refractivity contribution in [2.75, 3.05) is 7.11 Å². The third-order valence-corrected chi connectivity index (χ3v) is 2.49. The Morgan fingerprint density at radius 2 is 1.76 bits per heavy atom. The van der Waals surface area contributed by atoms with Gasteiger partial charge in [0.1, 0.15) is 11.5 Å². The van der Waals surface area contributed by atoms with E-state index in [1.165, 1.54) is 0 Å². The first-order chi connectivity index (χ1) is 8.29. The zero-order valence-electron chi connectivity index (χ0n) is 9.63. The van der Waals surface area contributed by atoms with Gasteiger partial charge in [0.15, 0.2) is 0 Å². The normalized spacial score (nSPS) is 10.6. The van der Waals surface area contributed by atoms with Gasteiger partial charge in [-0.25, -0.2) is 0 Å². The summed E-state index contributed by atoms with van der Waals surface area (Å²) < 4.78 is 5.03. The summed E-state index contributed by atoms with van der Waals surface area (Å²) in [4.78, 5) is 0. The molecule has 2 aromatic rings. The van der Waals surface area contributed by atoms with Gasteiger partial charge in [-0.05, 0) is 17.7 Å². The summed E-state index contributed by atoms with van der Waals surface area (Å²) >= 11 is 0. The molecule has 0 saturated heterocycles. The summed E-state index contributed by atoms with van der Waals surface area (Å²) in [5.41, 5.74) is 1.87. The van der Waals surface area contributed by atoms with Gasteiger partial charge in [-0.1, -0.05) is 42.5 Å². The van der Waals surface area contributed by atoms with Crippen LogP contribution in [0.15, 0.2) is 48.5 Å². The number of methoxy groups -OCH3 is 1. The molecular weight excluding hydrogens is 212 g/mol. The van der Waals surface area contributed by atoms with Crippen LogP contribution in [0.1, 0.15) is 11.1 Å². The van der Waals surface area contributed by atoms with E-state index in [2.05, 4.69) is 0 Å². The molecule has 0 fully saturated rings. The zero-order chi connectivity index (χ0) is 12.1. The molecule has 0 aliphatic carbocycles. The lowest BCUT2D eigenvalue weighted by Crippen LogP contribution is -1.82. The van der Waals surface area contributed by atoms with Gasteiger partial charge in [0.2, 0.25) is 0 Å². The number of phenols is 1. The maximum Gasteiger partial charge on any atom is 0.126 e. The second kappa shape index (κ2) is 5.21. The number of rotatable bonds is 3. The van der Waals surface area contributed by atoms with Crippen molar-refractivity contribution in [1.29, 1.82) is 0 Å². The van der Waals surface area contributed by atoms with Crippen LogP contribution < -0.4 is 4.74 Å². The number of ether oxygens (including phenoxy) is 1. The van der Waals surface area contributed by atoms with Crippen molar-refractivity contribution in [2.24, 2.45) is 0 Å². The maximum atomic E-state index is 9.77. The molecule has 86 valence electrons. The Kier molecular flexibility index (Phi) is 3.46. The molecular formula is C15H14O2. The first-order valence-corrected chi connectivity index (χ1v) is 5.40. The number of hydrogen-bond acceptors (Lipinski definition) is 2. The summed E-state index contributed by atoms with van der Waals surface area (Å²) in [7, 11) is 1.58. The molecule has 0 radical (unpaired) electrons. The van der Waals surface area contributed by atoms with Gasteiger partial charge in [-0.15, -0.1) is 0 Å². The van der Waals surface area contributed by atoms with Crippen LogP contribution in [-0.4, -0.2) is 12.2 Å². The quantitative estimate of drug-likeness (QED) is 0.811. The zero-order valence-corrected chi connectivity index (χ0v) is 9.63. The van der Waals surface area contributed by atoms with E-state index in [1.807, 2.05) is 54.6 Å². The molecule has 0 amide bonds. The molecule has 1 N–H and O–H groups in total. The predicted octanol–water partition coefficient (Wildman–Crippen LogP) is 3.57. The Morgan fingerprint density at radius 3 is 2.41 bits per heavy atom. The van der Waals surface area contributed by atoms with Gasteiger partial charge in [0.25, 0.3) is 0 Å². The molecule has 0 bridgehead atoms. The Balaban J connectivity index is 2.22. The van der Waals surface area contributed by atoms with Gasteiger partial charge in [0, 0.05) is 11.6 Å². The number of hydrogen-bond donors (Lipinski definition) is 1. The molecule has 0 atom stereocenters. The average molecular weight is 226 g/mol. The Hall–Kier alpha value is -2.22. The van der Waals surface area contributed by atoms with Crippen molar-refractivity contribution in [3.63, 3.8) is 0 Å². The van der Waals surface area contributed by atoms with E-state index in [0.29, 0.717) is 5.75 Å². The summed E-state index contributed by atoms with van der Waals surface area (Å²) in [6, 6.07) is 15.2. The fourth-order valence-corrected chi connectivity index (χ4v) is 1.54. The molecule has 0 unspecified atom stereocenters. The van der Waals surface area contributed by atoms with Crippen LogP contribution in [0.5, 0.6) is 11.5 Å². The monoisotopic (exact) mass is 226 g/mol. The lowest BCUT2D eigenvalue weighted by Gasteiger charge is -2.02. The van der Waals surface area contributed by atoms with Crippen LogP contribution in [0.4, 0.5) is 0 Å². The third kappa shape index (κ3) is 2.88. The SMILES string of the molecule is COc1ccc(C=Cc2ccccc2)c(O)c1. The second-order valence-corrected chi connectivity index (χ2v) is 3.67. The summed E-state index contributed by atoms with van der Waals surface area (Å²) in [5.74, 6) is 0.871. The second-order valence-electron chi connectivity index (χ2n) is 3.67. The molecule has 0 heterocycles. The van der Waals surface area contributed by atoms with Gasteiger partial charge < -0.3 is 9.84 Å². The highest BCUT2D eigenvalue weighted by Crippen LogP contribution is 2.24. The highest BCUT2D eigenvalue weighted by molar-refractivity contribution is 5.72. The van der Waals surface area contributed by atoms with Gasteiger partial charge in [0.05, 0.1) is 7.11 Å². The molecule has 0 saturated carbocycles. The van der Waals surface area contributed by atoms with E-state index in [-0.39, 0.29) is 5.75 Å². The van der Waals surface area contributed by atoms with Crippen LogP contribution in [0, 0.1) is 0 Å². The minimum Gasteiger partial charge on any atom is -0.507 e. The van der Waals surface area contributed by atoms with Crippen LogP contribution in [0.3, 0.4) is 0 Å². The van der Waals surface area contributed by atoms with Gasteiger partial charge >= 0.3 is 0 Å². The highest BCUT2D eigenvalue weighted by Gasteiger charge is 1.99. The number of aromatic hydroxyl groups is 1. The van der Waals surface area contributed by atoms with E-state index in [1.54, 1.807) is 13.2 Å². The lowest BCUT2D eigenvalue weighted by molar-refractivity contribution is 0.407. The summed E-state index contributed by atoms with van der Waals surface area (Å²) in [6.07, 6.45) is 3.84. The topological polar surface area (TPSA) is 29.5 Å². The van der Waals surface area contributed by atoms with E-state index >= 15 is 0 Å². The summed E-state index contributed by atoms with van der Waals surface area (Å²) in [6.45, 7) is 0. The summed E-state index contributed by atoms with van der Waals surface area (Å²) in [5, 5.41) is 9.77. The standard InChI is InChI=1S/C15H14O2/c1-17-14-10-9-13(15(16)11-14)8-7-12-5-3-2-4-6-12/h2-11,16H,1H3. The smallest absolute Gasteiger partial charge is 0.126 e. The molecule has 0 spiro atoms.